The molecular formula is C62H63BN2O. The highest BCUT2D eigenvalue weighted by atomic mass is 16.3. The van der Waals surface area contributed by atoms with Crippen molar-refractivity contribution in [3.05, 3.63) is 161 Å². The maximum Gasteiger partial charge on any atom is 0.252 e. The summed E-state index contributed by atoms with van der Waals surface area (Å²) in [5.41, 5.74) is 23.1. The van der Waals surface area contributed by atoms with Crippen LogP contribution in [0.15, 0.2) is 138 Å². The van der Waals surface area contributed by atoms with Crippen molar-refractivity contribution in [1.82, 2.24) is 0 Å². The van der Waals surface area contributed by atoms with E-state index in [-0.39, 0.29) is 33.8 Å². The van der Waals surface area contributed by atoms with Gasteiger partial charge >= 0.3 is 0 Å². The van der Waals surface area contributed by atoms with Crippen LogP contribution in [-0.4, -0.2) is 6.71 Å². The summed E-state index contributed by atoms with van der Waals surface area (Å²) in [5, 5.41) is 2.29. The highest BCUT2D eigenvalue weighted by molar-refractivity contribution is 7.00. The largest absolute Gasteiger partial charge is 0.456 e. The van der Waals surface area contributed by atoms with Crippen LogP contribution in [-0.2, 0) is 27.1 Å². The summed E-state index contributed by atoms with van der Waals surface area (Å²) in [6.07, 6.45) is 4.68. The normalized spacial score (nSPS) is 18.4. The average molecular weight is 863 g/mol. The van der Waals surface area contributed by atoms with Gasteiger partial charge in [0, 0.05) is 44.8 Å². The molecule has 0 atom stereocenters. The van der Waals surface area contributed by atoms with Gasteiger partial charge in [-0.1, -0.05) is 155 Å². The van der Waals surface area contributed by atoms with Gasteiger partial charge in [0.25, 0.3) is 6.71 Å². The molecule has 0 amide bonds. The molecule has 0 radical (unpaired) electrons. The topological polar surface area (TPSA) is 19.6 Å². The van der Waals surface area contributed by atoms with E-state index in [9.17, 15) is 0 Å². The number of fused-ring (bicyclic) bond motifs is 9. The summed E-state index contributed by atoms with van der Waals surface area (Å²) in [7, 11) is 0. The fraction of sp³-hybridized carbons (Fsp3) is 0.323. The van der Waals surface area contributed by atoms with Crippen molar-refractivity contribution in [3.8, 4) is 11.1 Å². The van der Waals surface area contributed by atoms with Crippen molar-refractivity contribution in [3.63, 3.8) is 0 Å². The Morgan fingerprint density at radius 3 is 1.71 bits per heavy atom. The Hall–Kier alpha value is -6.00. The van der Waals surface area contributed by atoms with E-state index < -0.39 is 0 Å². The quantitative estimate of drug-likeness (QED) is 0.165. The van der Waals surface area contributed by atoms with E-state index >= 15 is 0 Å². The fourth-order valence-corrected chi connectivity index (χ4v) is 12.5. The lowest BCUT2D eigenvalue weighted by atomic mass is 9.33. The van der Waals surface area contributed by atoms with E-state index in [1.54, 1.807) is 0 Å². The zero-order valence-corrected chi connectivity index (χ0v) is 40.9. The first-order valence-corrected chi connectivity index (χ1v) is 24.5. The van der Waals surface area contributed by atoms with Crippen molar-refractivity contribution in [2.75, 3.05) is 9.80 Å². The third-order valence-electron chi connectivity index (χ3n) is 16.7. The predicted octanol–water partition coefficient (Wildman–Crippen LogP) is 15.3. The number of rotatable bonds is 3. The molecule has 3 heterocycles. The molecule has 3 nitrogen and oxygen atoms in total. The highest BCUT2D eigenvalue weighted by Gasteiger charge is 2.48. The predicted molar refractivity (Wildman–Crippen MR) is 282 cm³/mol. The van der Waals surface area contributed by atoms with Crippen LogP contribution in [0.1, 0.15) is 130 Å². The lowest BCUT2D eigenvalue weighted by molar-refractivity contribution is 0.332. The molecule has 4 aliphatic rings. The first-order chi connectivity index (χ1) is 31.3. The molecule has 0 fully saturated rings. The molecule has 0 saturated heterocycles. The Balaban J connectivity index is 1.25. The van der Waals surface area contributed by atoms with Gasteiger partial charge in [-0.3, -0.25) is 0 Å². The van der Waals surface area contributed by atoms with Crippen LogP contribution in [0.5, 0.6) is 0 Å². The van der Waals surface area contributed by atoms with Gasteiger partial charge in [-0.2, -0.15) is 0 Å². The number of hydrogen-bond acceptors (Lipinski definition) is 3. The number of hydrogen-bond donors (Lipinski definition) is 0. The molecule has 330 valence electrons. The molecule has 0 unspecified atom stereocenters. The van der Waals surface area contributed by atoms with Crippen molar-refractivity contribution in [1.29, 1.82) is 0 Å². The maximum atomic E-state index is 6.83. The molecule has 0 N–H and O–H groups in total. The van der Waals surface area contributed by atoms with E-state index in [1.165, 1.54) is 102 Å². The van der Waals surface area contributed by atoms with Crippen LogP contribution in [0, 0.1) is 0 Å². The molecule has 0 bridgehead atoms. The minimum atomic E-state index is -0.133. The summed E-state index contributed by atoms with van der Waals surface area (Å²) >= 11 is 0. The molecule has 8 aromatic rings. The van der Waals surface area contributed by atoms with Gasteiger partial charge in [-0.25, -0.2) is 0 Å². The number of nitrogens with zero attached hydrogens (tertiary/aromatic N) is 2. The molecular weight excluding hydrogens is 800 g/mol. The SMILES string of the molecule is CC(C)(C)c1cc2c3c(c1)N(c1ccccc1-c1ccccc1)c1cc4c(cc1B3c1cc3c(cc1N2c1ccc2c(c1)C(C)(C)CCC2(C)C)C(C)(C)CCC3(C)C)oc1ccccc14. The molecule has 1 aromatic heterocycles. The molecule has 0 saturated carbocycles. The Morgan fingerprint density at radius 1 is 0.455 bits per heavy atom. The fourth-order valence-electron chi connectivity index (χ4n) is 12.5. The molecule has 0 spiro atoms. The van der Waals surface area contributed by atoms with E-state index in [1.807, 2.05) is 0 Å². The minimum Gasteiger partial charge on any atom is -0.456 e. The van der Waals surface area contributed by atoms with Crippen LogP contribution in [0.2, 0.25) is 0 Å². The van der Waals surface area contributed by atoms with Crippen molar-refractivity contribution >= 4 is 79.2 Å². The zero-order chi connectivity index (χ0) is 45.9. The smallest absolute Gasteiger partial charge is 0.252 e. The monoisotopic (exact) mass is 863 g/mol. The van der Waals surface area contributed by atoms with Crippen molar-refractivity contribution < 1.29 is 4.42 Å². The number of benzene rings is 7. The van der Waals surface area contributed by atoms with Crippen molar-refractivity contribution in [2.45, 2.75) is 129 Å². The van der Waals surface area contributed by atoms with Gasteiger partial charge in [0.15, 0.2) is 0 Å². The second-order valence-electron chi connectivity index (χ2n) is 23.9. The standard InChI is InChI=1S/C62H63BN2O/c1-58(2,3)39-31-53-57-54(32-39)65(50-23-17-15-21-41(50)38-19-13-12-14-20-38)51-34-43-42-22-16-18-24-55(42)66-56(43)37-49(51)63(57)48-35-46-47(62(10,11)30-29-61(46,8)9)36-52(48)64(53)40-25-26-44-45(33-40)60(6,7)28-27-59(44,4)5/h12-26,31-37H,27-30H2,1-11H3. The average Bonchev–Trinajstić information content (AvgIpc) is 3.65. The Labute approximate surface area is 392 Å². The maximum absolute atomic E-state index is 6.83. The Bertz CT molecular complexity index is 3320. The van der Waals surface area contributed by atoms with Gasteiger partial charge in [-0.05, 0) is 157 Å². The number of anilines is 6. The molecule has 2 aliphatic heterocycles. The van der Waals surface area contributed by atoms with E-state index in [0.29, 0.717) is 0 Å². The van der Waals surface area contributed by atoms with Gasteiger partial charge in [-0.15, -0.1) is 0 Å². The van der Waals surface area contributed by atoms with E-state index in [4.69, 9.17) is 4.42 Å². The van der Waals surface area contributed by atoms with E-state index in [2.05, 4.69) is 219 Å². The van der Waals surface area contributed by atoms with Crippen LogP contribution in [0.25, 0.3) is 33.1 Å². The minimum absolute atomic E-state index is 0.0339. The van der Waals surface area contributed by atoms with Gasteiger partial charge in [0.2, 0.25) is 0 Å². The number of furan rings is 1. The van der Waals surface area contributed by atoms with Crippen LogP contribution < -0.4 is 26.2 Å². The third-order valence-corrected chi connectivity index (χ3v) is 16.7. The van der Waals surface area contributed by atoms with Gasteiger partial charge in [0.1, 0.15) is 11.2 Å². The van der Waals surface area contributed by atoms with Crippen LogP contribution >= 0.6 is 0 Å². The Morgan fingerprint density at radius 2 is 1.02 bits per heavy atom. The molecule has 2 aliphatic carbocycles. The molecule has 12 rings (SSSR count). The lowest BCUT2D eigenvalue weighted by Crippen LogP contribution is -2.62. The molecule has 66 heavy (non-hydrogen) atoms. The van der Waals surface area contributed by atoms with Crippen LogP contribution in [0.3, 0.4) is 0 Å². The number of para-hydroxylation sites is 2. The van der Waals surface area contributed by atoms with Crippen molar-refractivity contribution in [2.24, 2.45) is 0 Å². The second kappa shape index (κ2) is 13.8. The summed E-state index contributed by atoms with van der Waals surface area (Å²) in [6.45, 7) is 26.8. The first kappa shape index (κ1) is 41.4. The Kier molecular flexibility index (Phi) is 8.65. The molecule has 7 aromatic carbocycles. The van der Waals surface area contributed by atoms with E-state index in [0.717, 1.165) is 34.8 Å². The van der Waals surface area contributed by atoms with Gasteiger partial charge < -0.3 is 14.2 Å². The lowest BCUT2D eigenvalue weighted by Gasteiger charge is -2.48. The second-order valence-corrected chi connectivity index (χ2v) is 23.9. The summed E-state index contributed by atoms with van der Waals surface area (Å²) in [4.78, 5) is 5.32. The highest BCUT2D eigenvalue weighted by Crippen LogP contribution is 2.54. The summed E-state index contributed by atoms with van der Waals surface area (Å²) < 4.78 is 6.83. The third kappa shape index (κ3) is 6.02. The summed E-state index contributed by atoms with van der Waals surface area (Å²) in [5.74, 6) is 0. The molecule has 4 heteroatoms. The zero-order valence-electron chi connectivity index (χ0n) is 40.9. The van der Waals surface area contributed by atoms with Crippen LogP contribution in [0.4, 0.5) is 34.1 Å². The summed E-state index contributed by atoms with van der Waals surface area (Å²) in [6, 6.07) is 51.3. The first-order valence-electron chi connectivity index (χ1n) is 24.5. The van der Waals surface area contributed by atoms with Gasteiger partial charge in [0.05, 0.1) is 5.69 Å².